The molecule has 0 saturated carbocycles. The predicted molar refractivity (Wildman–Crippen MR) is 84.4 cm³/mol. The van der Waals surface area contributed by atoms with Crippen LogP contribution >= 0.6 is 0 Å². The van der Waals surface area contributed by atoms with Gasteiger partial charge in [-0.1, -0.05) is 0 Å². The summed E-state index contributed by atoms with van der Waals surface area (Å²) in [6, 6.07) is -1.09. The van der Waals surface area contributed by atoms with Gasteiger partial charge in [-0.3, -0.25) is 9.78 Å². The van der Waals surface area contributed by atoms with Crippen LogP contribution in [-0.4, -0.2) is 51.2 Å². The van der Waals surface area contributed by atoms with E-state index in [2.05, 4.69) is 20.6 Å². The van der Waals surface area contributed by atoms with Gasteiger partial charge >= 0.3 is 12.1 Å². The summed E-state index contributed by atoms with van der Waals surface area (Å²) < 4.78 is 5.02. The van der Waals surface area contributed by atoms with E-state index in [-0.39, 0.29) is 18.7 Å². The summed E-state index contributed by atoms with van der Waals surface area (Å²) in [5.41, 5.74) is -0.531. The van der Waals surface area contributed by atoms with Gasteiger partial charge in [0.1, 0.15) is 17.3 Å². The molecule has 0 unspecified atom stereocenters. The monoisotopic (exact) mass is 338 g/mol. The minimum atomic E-state index is -1.17. The molecule has 9 nitrogen and oxygen atoms in total. The number of aromatic nitrogens is 2. The maximum Gasteiger partial charge on any atom is 0.408 e. The number of carbonyl (C=O) groups excluding carboxylic acids is 2. The second kappa shape index (κ2) is 8.80. The normalized spacial score (nSPS) is 12.1. The largest absolute Gasteiger partial charge is 0.480 e. The standard InChI is InChI=1S/C15H22N4O5/c1-15(2,3)24-14(23)19-10(13(21)22)5-4-6-18-12(20)11-9-16-7-8-17-11/h7-10H,4-6H2,1-3H3,(H,18,20)(H,19,23)(H,21,22)/t10-/m0/s1. The molecule has 0 radical (unpaired) electrons. The third-order valence-electron chi connectivity index (χ3n) is 2.74. The van der Waals surface area contributed by atoms with Gasteiger partial charge in [-0.05, 0) is 33.6 Å². The molecule has 0 aliphatic rings. The Bertz CT molecular complexity index is 571. The van der Waals surface area contributed by atoms with Crippen LogP contribution in [0.25, 0.3) is 0 Å². The Morgan fingerprint density at radius 2 is 2.00 bits per heavy atom. The number of hydrogen-bond donors (Lipinski definition) is 3. The van der Waals surface area contributed by atoms with Crippen molar-refractivity contribution in [2.75, 3.05) is 6.54 Å². The van der Waals surface area contributed by atoms with Gasteiger partial charge in [0.25, 0.3) is 5.91 Å². The molecule has 0 bridgehead atoms. The molecule has 0 aliphatic heterocycles. The predicted octanol–water partition coefficient (Wildman–Crippen LogP) is 0.964. The Morgan fingerprint density at radius 1 is 1.29 bits per heavy atom. The number of hydrogen-bond acceptors (Lipinski definition) is 6. The van der Waals surface area contributed by atoms with Crippen molar-refractivity contribution in [2.45, 2.75) is 45.3 Å². The van der Waals surface area contributed by atoms with Crippen molar-refractivity contribution < 1.29 is 24.2 Å². The summed E-state index contributed by atoms with van der Waals surface area (Å²) in [7, 11) is 0. The molecule has 1 atom stereocenters. The van der Waals surface area contributed by atoms with Gasteiger partial charge in [-0.25, -0.2) is 14.6 Å². The minimum Gasteiger partial charge on any atom is -0.480 e. The summed E-state index contributed by atoms with van der Waals surface area (Å²) in [6.07, 6.45) is 3.91. The average molecular weight is 338 g/mol. The molecule has 1 heterocycles. The lowest BCUT2D eigenvalue weighted by Gasteiger charge is -2.22. The molecule has 0 fully saturated rings. The topological polar surface area (TPSA) is 131 Å². The van der Waals surface area contributed by atoms with Crippen molar-refractivity contribution in [1.82, 2.24) is 20.6 Å². The fraction of sp³-hybridized carbons (Fsp3) is 0.533. The zero-order valence-electron chi connectivity index (χ0n) is 13.9. The molecule has 0 saturated heterocycles. The number of amides is 2. The average Bonchev–Trinajstić information content (AvgIpc) is 2.48. The van der Waals surface area contributed by atoms with Crippen LogP contribution in [0.4, 0.5) is 4.79 Å². The van der Waals surface area contributed by atoms with Gasteiger partial charge < -0.3 is 20.5 Å². The van der Waals surface area contributed by atoms with Crippen LogP contribution in [0.2, 0.25) is 0 Å². The highest BCUT2D eigenvalue weighted by Crippen LogP contribution is 2.07. The second-order valence-electron chi connectivity index (χ2n) is 6.03. The first-order chi connectivity index (χ1) is 11.2. The van der Waals surface area contributed by atoms with E-state index in [9.17, 15) is 14.4 Å². The molecule has 0 aromatic carbocycles. The van der Waals surface area contributed by atoms with Crippen LogP contribution in [0.3, 0.4) is 0 Å². The van der Waals surface area contributed by atoms with Crippen LogP contribution in [0.5, 0.6) is 0 Å². The highest BCUT2D eigenvalue weighted by molar-refractivity contribution is 5.91. The van der Waals surface area contributed by atoms with Crippen LogP contribution in [0.1, 0.15) is 44.1 Å². The Balaban J connectivity index is 2.38. The van der Waals surface area contributed by atoms with E-state index in [4.69, 9.17) is 9.84 Å². The highest BCUT2D eigenvalue weighted by atomic mass is 16.6. The van der Waals surface area contributed by atoms with E-state index >= 15 is 0 Å². The van der Waals surface area contributed by atoms with E-state index in [1.807, 2.05) is 0 Å². The molecular formula is C15H22N4O5. The molecule has 1 aromatic rings. The number of aliphatic carboxylic acids is 1. The maximum absolute atomic E-state index is 11.7. The highest BCUT2D eigenvalue weighted by Gasteiger charge is 2.23. The van der Waals surface area contributed by atoms with Gasteiger partial charge in [0.2, 0.25) is 0 Å². The molecule has 132 valence electrons. The SMILES string of the molecule is CC(C)(C)OC(=O)N[C@@H](CCCNC(=O)c1cnccn1)C(=O)O. The third-order valence-corrected chi connectivity index (χ3v) is 2.74. The lowest BCUT2D eigenvalue weighted by atomic mass is 10.1. The first-order valence-electron chi connectivity index (χ1n) is 7.45. The van der Waals surface area contributed by atoms with E-state index in [0.29, 0.717) is 6.42 Å². The maximum atomic E-state index is 11.7. The number of carboxylic acid groups (broad SMARTS) is 1. The molecule has 1 rings (SSSR count). The van der Waals surface area contributed by atoms with E-state index < -0.39 is 29.6 Å². The quantitative estimate of drug-likeness (QED) is 0.631. The van der Waals surface area contributed by atoms with Crippen molar-refractivity contribution in [2.24, 2.45) is 0 Å². The Hall–Kier alpha value is -2.71. The van der Waals surface area contributed by atoms with Crippen LogP contribution in [0, 0.1) is 0 Å². The summed E-state index contributed by atoms with van der Waals surface area (Å²) in [5.74, 6) is -1.56. The number of ether oxygens (including phenoxy) is 1. The molecule has 9 heteroatoms. The number of carboxylic acids is 1. The second-order valence-corrected chi connectivity index (χ2v) is 6.03. The van der Waals surface area contributed by atoms with Crippen LogP contribution < -0.4 is 10.6 Å². The number of rotatable bonds is 7. The van der Waals surface area contributed by atoms with E-state index in [0.717, 1.165) is 0 Å². The molecule has 2 amide bonds. The molecular weight excluding hydrogens is 316 g/mol. The van der Waals surface area contributed by atoms with E-state index in [1.54, 1.807) is 20.8 Å². The number of nitrogens with one attached hydrogen (secondary N) is 2. The summed E-state index contributed by atoms with van der Waals surface area (Å²) >= 11 is 0. The first kappa shape index (κ1) is 19.3. The van der Waals surface area contributed by atoms with Gasteiger partial charge in [0.15, 0.2) is 0 Å². The van der Waals surface area contributed by atoms with Crippen molar-refractivity contribution in [3.05, 3.63) is 24.3 Å². The molecule has 3 N–H and O–H groups in total. The molecule has 0 spiro atoms. The molecule has 24 heavy (non-hydrogen) atoms. The summed E-state index contributed by atoms with van der Waals surface area (Å²) in [6.45, 7) is 5.30. The lowest BCUT2D eigenvalue weighted by molar-refractivity contribution is -0.139. The Morgan fingerprint density at radius 3 is 2.54 bits per heavy atom. The smallest absolute Gasteiger partial charge is 0.408 e. The lowest BCUT2D eigenvalue weighted by Crippen LogP contribution is -2.43. The number of carbonyl (C=O) groups is 3. The van der Waals surface area contributed by atoms with Crippen LogP contribution in [-0.2, 0) is 9.53 Å². The fourth-order valence-electron chi connectivity index (χ4n) is 1.72. The molecule has 1 aromatic heterocycles. The first-order valence-corrected chi connectivity index (χ1v) is 7.45. The third kappa shape index (κ3) is 7.52. The fourth-order valence-corrected chi connectivity index (χ4v) is 1.72. The van der Waals surface area contributed by atoms with Crippen LogP contribution in [0.15, 0.2) is 18.6 Å². The van der Waals surface area contributed by atoms with E-state index in [1.165, 1.54) is 18.6 Å². The van der Waals surface area contributed by atoms with Crippen molar-refractivity contribution in [1.29, 1.82) is 0 Å². The van der Waals surface area contributed by atoms with Gasteiger partial charge in [-0.2, -0.15) is 0 Å². The zero-order chi connectivity index (χ0) is 18.2. The number of nitrogens with zero attached hydrogens (tertiary/aromatic N) is 2. The van der Waals surface area contributed by atoms with Gasteiger partial charge in [0, 0.05) is 18.9 Å². The minimum absolute atomic E-state index is 0.148. The van der Waals surface area contributed by atoms with Gasteiger partial charge in [-0.15, -0.1) is 0 Å². The van der Waals surface area contributed by atoms with Crippen molar-refractivity contribution in [3.63, 3.8) is 0 Å². The van der Waals surface area contributed by atoms with Crippen molar-refractivity contribution in [3.8, 4) is 0 Å². The summed E-state index contributed by atoms with van der Waals surface area (Å²) in [5, 5.41) is 14.0. The Kier molecular flexibility index (Phi) is 7.09. The van der Waals surface area contributed by atoms with Gasteiger partial charge in [0.05, 0.1) is 6.20 Å². The summed E-state index contributed by atoms with van der Waals surface area (Å²) in [4.78, 5) is 42.2. The molecule has 0 aliphatic carbocycles. The zero-order valence-corrected chi connectivity index (χ0v) is 13.9. The number of alkyl carbamates (subject to hydrolysis) is 1. The Labute approximate surface area is 139 Å². The van der Waals surface area contributed by atoms with Crippen molar-refractivity contribution >= 4 is 18.0 Å².